The van der Waals surface area contributed by atoms with E-state index in [1.807, 2.05) is 36.4 Å². The van der Waals surface area contributed by atoms with Gasteiger partial charge in [-0.15, -0.1) is 0 Å². The first-order valence-corrected chi connectivity index (χ1v) is 9.35. The Morgan fingerprint density at radius 2 is 1.88 bits per heavy atom. The molecule has 1 aromatic carbocycles. The maximum atomic E-state index is 12.6. The van der Waals surface area contributed by atoms with Crippen LogP contribution in [0.4, 0.5) is 0 Å². The smallest absolute Gasteiger partial charge is 0.222 e. The van der Waals surface area contributed by atoms with Gasteiger partial charge in [0, 0.05) is 56.6 Å². The average molecular weight is 373 g/mol. The van der Waals surface area contributed by atoms with Gasteiger partial charge in [0.05, 0.1) is 6.04 Å². The van der Waals surface area contributed by atoms with Crippen LogP contribution in [0.3, 0.4) is 0 Å². The average Bonchev–Trinajstić information content (AvgIpc) is 2.67. The van der Waals surface area contributed by atoms with Crippen molar-refractivity contribution in [3.63, 3.8) is 0 Å². The number of carbonyl (C=O) groups excluding carboxylic acids is 1. The zero-order chi connectivity index (χ0) is 18.4. The molecule has 1 fully saturated rings. The van der Waals surface area contributed by atoms with Gasteiger partial charge >= 0.3 is 0 Å². The van der Waals surface area contributed by atoms with Crippen LogP contribution in [0.2, 0.25) is 5.02 Å². The Balaban J connectivity index is 1.63. The summed E-state index contributed by atoms with van der Waals surface area (Å²) in [5, 5.41) is 3.84. The lowest BCUT2D eigenvalue weighted by molar-refractivity contribution is -0.122. The molecule has 1 atom stereocenters. The number of amides is 1. The topological polar surface area (TPSA) is 48.5 Å². The summed E-state index contributed by atoms with van der Waals surface area (Å²) in [6.07, 6.45) is 4.02. The van der Waals surface area contributed by atoms with Crippen LogP contribution in [0.1, 0.15) is 23.6 Å². The number of hydrogen-bond donors (Lipinski definition) is 1. The normalized spacial score (nSPS) is 17.0. The SMILES string of the molecule is CN1CCN(CCC(=O)N[C@@H](c2ccc(Cl)cc2)c2cccnc2)CC1. The molecule has 0 radical (unpaired) electrons. The number of nitrogens with one attached hydrogen (secondary N) is 1. The Hall–Kier alpha value is -1.95. The van der Waals surface area contributed by atoms with Crippen molar-refractivity contribution in [1.82, 2.24) is 20.1 Å². The van der Waals surface area contributed by atoms with Gasteiger partial charge in [-0.25, -0.2) is 0 Å². The number of nitrogens with zero attached hydrogens (tertiary/aromatic N) is 3. The number of benzene rings is 1. The van der Waals surface area contributed by atoms with Gasteiger partial charge in [-0.05, 0) is 36.4 Å². The molecule has 3 rings (SSSR count). The molecule has 0 saturated carbocycles. The summed E-state index contributed by atoms with van der Waals surface area (Å²) in [7, 11) is 2.13. The lowest BCUT2D eigenvalue weighted by Gasteiger charge is -2.32. The Kier molecular flexibility index (Phi) is 6.61. The molecule has 1 aliphatic rings. The van der Waals surface area contributed by atoms with E-state index >= 15 is 0 Å². The number of carbonyl (C=O) groups is 1. The third kappa shape index (κ3) is 5.27. The summed E-state index contributed by atoms with van der Waals surface area (Å²) in [5.74, 6) is 0.0488. The number of halogens is 1. The lowest BCUT2D eigenvalue weighted by Crippen LogP contribution is -2.45. The second-order valence-electron chi connectivity index (χ2n) is 6.73. The number of aromatic nitrogens is 1. The first-order valence-electron chi connectivity index (χ1n) is 8.97. The number of rotatable bonds is 6. The molecule has 26 heavy (non-hydrogen) atoms. The van der Waals surface area contributed by atoms with Crippen molar-refractivity contribution < 1.29 is 4.79 Å². The highest BCUT2D eigenvalue weighted by Crippen LogP contribution is 2.23. The van der Waals surface area contributed by atoms with Crippen molar-refractivity contribution in [3.8, 4) is 0 Å². The molecule has 0 bridgehead atoms. The van der Waals surface area contributed by atoms with Crippen LogP contribution >= 0.6 is 11.6 Å². The third-order valence-corrected chi connectivity index (χ3v) is 5.03. The number of pyridine rings is 1. The molecule has 1 N–H and O–H groups in total. The summed E-state index contributed by atoms with van der Waals surface area (Å²) >= 11 is 6.01. The zero-order valence-electron chi connectivity index (χ0n) is 15.1. The van der Waals surface area contributed by atoms with Gasteiger partial charge in [0.2, 0.25) is 5.91 Å². The first kappa shape index (κ1) is 18.8. The standard InChI is InChI=1S/C20H25ClN4O/c1-24-11-13-25(14-12-24)10-8-19(26)23-20(17-3-2-9-22-15-17)16-4-6-18(21)7-5-16/h2-7,9,15,20H,8,10-14H2,1H3,(H,23,26)/t20-/m0/s1. The fraction of sp³-hybridized carbons (Fsp3) is 0.400. The van der Waals surface area contributed by atoms with Gasteiger partial charge in [-0.2, -0.15) is 0 Å². The molecular formula is C20H25ClN4O. The third-order valence-electron chi connectivity index (χ3n) is 4.78. The van der Waals surface area contributed by atoms with E-state index in [1.54, 1.807) is 12.4 Å². The van der Waals surface area contributed by atoms with Gasteiger partial charge in [0.1, 0.15) is 0 Å². The van der Waals surface area contributed by atoms with E-state index in [0.717, 1.165) is 43.9 Å². The molecule has 0 spiro atoms. The largest absolute Gasteiger partial charge is 0.345 e. The minimum Gasteiger partial charge on any atom is -0.345 e. The Labute approximate surface area is 160 Å². The minimum atomic E-state index is -0.221. The highest BCUT2D eigenvalue weighted by Gasteiger charge is 2.19. The quantitative estimate of drug-likeness (QED) is 0.846. The van der Waals surface area contributed by atoms with Crippen LogP contribution < -0.4 is 5.32 Å². The predicted octanol–water partition coefficient (Wildman–Crippen LogP) is 2.58. The van der Waals surface area contributed by atoms with Crippen LogP contribution in [-0.2, 0) is 4.79 Å². The first-order chi connectivity index (χ1) is 12.6. The maximum Gasteiger partial charge on any atom is 0.222 e. The van der Waals surface area contributed by atoms with E-state index in [-0.39, 0.29) is 11.9 Å². The Morgan fingerprint density at radius 3 is 2.54 bits per heavy atom. The van der Waals surface area contributed by atoms with Crippen molar-refractivity contribution >= 4 is 17.5 Å². The highest BCUT2D eigenvalue weighted by molar-refractivity contribution is 6.30. The van der Waals surface area contributed by atoms with Gasteiger partial charge < -0.3 is 15.1 Å². The molecule has 2 heterocycles. The predicted molar refractivity (Wildman–Crippen MR) is 104 cm³/mol. The van der Waals surface area contributed by atoms with Crippen molar-refractivity contribution in [1.29, 1.82) is 0 Å². The van der Waals surface area contributed by atoms with Crippen molar-refractivity contribution in [2.75, 3.05) is 39.8 Å². The summed E-state index contributed by atoms with van der Waals surface area (Å²) < 4.78 is 0. The van der Waals surface area contributed by atoms with Gasteiger partial charge in [0.15, 0.2) is 0 Å². The van der Waals surface area contributed by atoms with Crippen LogP contribution in [0.5, 0.6) is 0 Å². The van der Waals surface area contributed by atoms with E-state index in [1.165, 1.54) is 0 Å². The van der Waals surface area contributed by atoms with Crippen molar-refractivity contribution in [2.45, 2.75) is 12.5 Å². The van der Waals surface area contributed by atoms with Crippen molar-refractivity contribution in [2.24, 2.45) is 0 Å². The van der Waals surface area contributed by atoms with Crippen molar-refractivity contribution in [3.05, 3.63) is 64.9 Å². The molecule has 1 aromatic heterocycles. The number of piperazine rings is 1. The fourth-order valence-electron chi connectivity index (χ4n) is 3.13. The molecule has 1 aliphatic heterocycles. The molecule has 0 aliphatic carbocycles. The molecule has 6 heteroatoms. The molecule has 2 aromatic rings. The Morgan fingerprint density at radius 1 is 1.15 bits per heavy atom. The van der Waals surface area contributed by atoms with Crippen LogP contribution in [0, 0.1) is 0 Å². The molecule has 1 amide bonds. The molecule has 138 valence electrons. The van der Waals surface area contributed by atoms with Crippen LogP contribution in [0.25, 0.3) is 0 Å². The molecule has 5 nitrogen and oxygen atoms in total. The zero-order valence-corrected chi connectivity index (χ0v) is 15.8. The summed E-state index contributed by atoms with van der Waals surface area (Å²) in [4.78, 5) is 21.4. The van der Waals surface area contributed by atoms with E-state index in [2.05, 4.69) is 27.1 Å². The molecular weight excluding hydrogens is 348 g/mol. The van der Waals surface area contributed by atoms with Crippen LogP contribution in [-0.4, -0.2) is 60.5 Å². The molecule has 0 unspecified atom stereocenters. The van der Waals surface area contributed by atoms with Crippen LogP contribution in [0.15, 0.2) is 48.8 Å². The van der Waals surface area contributed by atoms with Gasteiger partial charge in [0.25, 0.3) is 0 Å². The van der Waals surface area contributed by atoms with Gasteiger partial charge in [-0.1, -0.05) is 29.8 Å². The number of likely N-dealkylation sites (N-methyl/N-ethyl adjacent to an activating group) is 1. The fourth-order valence-corrected chi connectivity index (χ4v) is 3.25. The monoisotopic (exact) mass is 372 g/mol. The highest BCUT2D eigenvalue weighted by atomic mass is 35.5. The maximum absolute atomic E-state index is 12.6. The second-order valence-corrected chi connectivity index (χ2v) is 7.17. The lowest BCUT2D eigenvalue weighted by atomic mass is 10.00. The van der Waals surface area contributed by atoms with E-state index in [4.69, 9.17) is 11.6 Å². The summed E-state index contributed by atoms with van der Waals surface area (Å²) in [5.41, 5.74) is 1.96. The van der Waals surface area contributed by atoms with Gasteiger partial charge in [-0.3, -0.25) is 9.78 Å². The molecule has 1 saturated heterocycles. The Bertz CT molecular complexity index is 700. The second kappa shape index (κ2) is 9.12. The number of hydrogen-bond acceptors (Lipinski definition) is 4. The van der Waals surface area contributed by atoms with E-state index in [0.29, 0.717) is 11.4 Å². The van der Waals surface area contributed by atoms with E-state index in [9.17, 15) is 4.79 Å². The summed E-state index contributed by atoms with van der Waals surface area (Å²) in [6.45, 7) is 4.95. The van der Waals surface area contributed by atoms with E-state index < -0.39 is 0 Å². The summed E-state index contributed by atoms with van der Waals surface area (Å²) in [6, 6.07) is 11.2. The minimum absolute atomic E-state index is 0.0488.